The third-order valence-corrected chi connectivity index (χ3v) is 3.19. The van der Waals surface area contributed by atoms with Gasteiger partial charge in [-0.2, -0.15) is 14.6 Å². The van der Waals surface area contributed by atoms with E-state index in [1.54, 1.807) is 0 Å². The van der Waals surface area contributed by atoms with Crippen LogP contribution in [0.4, 0.5) is 0 Å². The topological polar surface area (TPSA) is 73.3 Å². The minimum absolute atomic E-state index is 0.433. The summed E-state index contributed by atoms with van der Waals surface area (Å²) in [6, 6.07) is 3.68. The van der Waals surface area contributed by atoms with E-state index in [2.05, 4.69) is 15.1 Å². The number of fused-ring (bicyclic) bond motifs is 1. The lowest BCUT2D eigenvalue weighted by molar-refractivity contribution is 0.112. The van der Waals surface area contributed by atoms with Crippen LogP contribution >= 0.6 is 11.8 Å². The van der Waals surface area contributed by atoms with E-state index in [1.165, 1.54) is 22.5 Å². The van der Waals surface area contributed by atoms with Crippen molar-refractivity contribution in [1.29, 1.82) is 0 Å². The lowest BCUT2D eigenvalue weighted by Crippen LogP contribution is -2.01. The second-order valence-electron chi connectivity index (χ2n) is 3.90. The molecule has 0 bridgehead atoms. The van der Waals surface area contributed by atoms with Gasteiger partial charge >= 0.3 is 0 Å². The van der Waals surface area contributed by atoms with E-state index in [0.717, 1.165) is 12.0 Å². The van der Waals surface area contributed by atoms with E-state index in [1.807, 2.05) is 25.3 Å². The predicted octanol–water partition coefficient (Wildman–Crippen LogP) is 2.23. The summed E-state index contributed by atoms with van der Waals surface area (Å²) >= 11 is 1.40. The van der Waals surface area contributed by atoms with Crippen molar-refractivity contribution in [2.45, 2.75) is 12.1 Å². The van der Waals surface area contributed by atoms with Crippen molar-refractivity contribution in [2.24, 2.45) is 0 Å². The number of nitrogens with zero attached hydrogens (tertiary/aromatic N) is 4. The lowest BCUT2D eigenvalue weighted by Gasteiger charge is -2.03. The summed E-state index contributed by atoms with van der Waals surface area (Å²) in [5.74, 6) is 1.92. The van der Waals surface area contributed by atoms with Gasteiger partial charge in [0.2, 0.25) is 5.82 Å². The van der Waals surface area contributed by atoms with Crippen LogP contribution in [0.5, 0.6) is 0 Å². The number of furan rings is 1. The van der Waals surface area contributed by atoms with Crippen LogP contribution in [0.2, 0.25) is 0 Å². The molecule has 0 radical (unpaired) electrons. The average molecular weight is 274 g/mol. The maximum atomic E-state index is 11.0. The molecule has 6 nitrogen and oxygen atoms in total. The molecule has 0 aliphatic rings. The van der Waals surface area contributed by atoms with E-state index in [-0.39, 0.29) is 0 Å². The number of carbonyl (C=O) groups excluding carboxylic acids is 1. The normalized spacial score (nSPS) is 11.1. The number of rotatable bonds is 3. The summed E-state index contributed by atoms with van der Waals surface area (Å²) in [4.78, 5) is 19.7. The first kappa shape index (κ1) is 11.9. The zero-order valence-corrected chi connectivity index (χ0v) is 11.1. The highest BCUT2D eigenvalue weighted by Gasteiger charge is 2.15. The number of hydrogen-bond donors (Lipinski definition) is 0. The number of hydrogen-bond acceptors (Lipinski definition) is 6. The minimum atomic E-state index is 0.433. The fourth-order valence-corrected chi connectivity index (χ4v) is 2.12. The first-order valence-corrected chi connectivity index (χ1v) is 6.77. The summed E-state index contributed by atoms with van der Waals surface area (Å²) in [6.45, 7) is 1.86. The molecule has 0 N–H and O–H groups in total. The zero-order valence-electron chi connectivity index (χ0n) is 10.3. The number of aldehydes is 1. The Morgan fingerprint density at radius 1 is 1.37 bits per heavy atom. The molecule has 0 spiro atoms. The molecule has 0 saturated carbocycles. The molecule has 0 amide bonds. The largest absolute Gasteiger partial charge is 0.458 e. The van der Waals surface area contributed by atoms with Crippen LogP contribution in [-0.2, 0) is 0 Å². The smallest absolute Gasteiger partial charge is 0.201 e. The van der Waals surface area contributed by atoms with E-state index in [0.29, 0.717) is 28.0 Å². The van der Waals surface area contributed by atoms with Gasteiger partial charge in [0.25, 0.3) is 0 Å². The maximum Gasteiger partial charge on any atom is 0.201 e. The Labute approximate surface area is 112 Å². The van der Waals surface area contributed by atoms with E-state index in [9.17, 15) is 4.79 Å². The Bertz CT molecular complexity index is 762. The maximum absolute atomic E-state index is 11.0. The first-order chi connectivity index (χ1) is 9.22. The second-order valence-corrected chi connectivity index (χ2v) is 4.67. The predicted molar refractivity (Wildman–Crippen MR) is 70.4 cm³/mol. The molecular formula is C12H10N4O2S. The van der Waals surface area contributed by atoms with Gasteiger partial charge in [0.15, 0.2) is 22.9 Å². The van der Waals surface area contributed by atoms with Crippen molar-refractivity contribution in [1.82, 2.24) is 19.6 Å². The SMILES string of the molecule is CSc1nc(-c2ccc(C)o2)n2ncc(C=O)c2n1. The molecule has 0 aromatic carbocycles. The number of thioether (sulfide) groups is 1. The van der Waals surface area contributed by atoms with Gasteiger partial charge in [-0.3, -0.25) is 4.79 Å². The van der Waals surface area contributed by atoms with Crippen LogP contribution in [0.1, 0.15) is 16.1 Å². The van der Waals surface area contributed by atoms with Crippen LogP contribution in [0.25, 0.3) is 17.2 Å². The van der Waals surface area contributed by atoms with Crippen molar-refractivity contribution in [3.05, 3.63) is 29.7 Å². The minimum Gasteiger partial charge on any atom is -0.458 e. The molecule has 0 atom stereocenters. The highest BCUT2D eigenvalue weighted by Crippen LogP contribution is 2.23. The molecule has 0 aliphatic carbocycles. The lowest BCUT2D eigenvalue weighted by atomic mass is 10.4. The number of aromatic nitrogens is 4. The first-order valence-electron chi connectivity index (χ1n) is 5.54. The molecule has 0 fully saturated rings. The Hall–Kier alpha value is -2.15. The van der Waals surface area contributed by atoms with Gasteiger partial charge in [0.05, 0.1) is 11.8 Å². The van der Waals surface area contributed by atoms with Gasteiger partial charge in [-0.05, 0) is 25.3 Å². The zero-order chi connectivity index (χ0) is 13.4. The van der Waals surface area contributed by atoms with Crippen molar-refractivity contribution in [2.75, 3.05) is 6.26 Å². The molecule has 19 heavy (non-hydrogen) atoms. The van der Waals surface area contributed by atoms with Gasteiger partial charge in [-0.1, -0.05) is 11.8 Å². The van der Waals surface area contributed by atoms with Gasteiger partial charge in [-0.15, -0.1) is 0 Å². The second kappa shape index (κ2) is 4.51. The molecule has 3 heterocycles. The van der Waals surface area contributed by atoms with Gasteiger partial charge < -0.3 is 4.42 Å². The molecule has 7 heteroatoms. The number of aryl methyl sites for hydroxylation is 1. The van der Waals surface area contributed by atoms with Crippen LogP contribution < -0.4 is 0 Å². The van der Waals surface area contributed by atoms with Crippen LogP contribution in [-0.4, -0.2) is 32.1 Å². The van der Waals surface area contributed by atoms with Gasteiger partial charge in [0, 0.05) is 0 Å². The number of carbonyl (C=O) groups is 1. The molecule has 0 saturated heterocycles. The molecular weight excluding hydrogens is 264 g/mol. The molecule has 3 rings (SSSR count). The van der Waals surface area contributed by atoms with Gasteiger partial charge in [0.1, 0.15) is 5.76 Å². The standard InChI is InChI=1S/C12H10N4O2S/c1-7-3-4-9(18-7)11-15-12(19-2)14-10-8(6-17)5-13-16(10)11/h3-6H,1-2H3. The summed E-state index contributed by atoms with van der Waals surface area (Å²) in [7, 11) is 0. The summed E-state index contributed by atoms with van der Waals surface area (Å²) < 4.78 is 7.09. The van der Waals surface area contributed by atoms with Crippen molar-refractivity contribution >= 4 is 23.7 Å². The summed E-state index contributed by atoms with van der Waals surface area (Å²) in [6.07, 6.45) is 4.08. The van der Waals surface area contributed by atoms with E-state index in [4.69, 9.17) is 4.42 Å². The highest BCUT2D eigenvalue weighted by atomic mass is 32.2. The molecule has 3 aromatic rings. The monoisotopic (exact) mass is 274 g/mol. The Balaban J connectivity index is 2.33. The van der Waals surface area contributed by atoms with Gasteiger partial charge in [-0.25, -0.2) is 4.98 Å². The summed E-state index contributed by atoms with van der Waals surface area (Å²) in [5.41, 5.74) is 0.917. The fourth-order valence-electron chi connectivity index (χ4n) is 1.76. The van der Waals surface area contributed by atoms with E-state index < -0.39 is 0 Å². The van der Waals surface area contributed by atoms with Crippen LogP contribution in [0.3, 0.4) is 0 Å². The van der Waals surface area contributed by atoms with Crippen molar-refractivity contribution < 1.29 is 9.21 Å². The third kappa shape index (κ3) is 1.91. The van der Waals surface area contributed by atoms with Crippen LogP contribution in [0, 0.1) is 6.92 Å². The third-order valence-electron chi connectivity index (χ3n) is 2.65. The Morgan fingerprint density at radius 2 is 2.21 bits per heavy atom. The van der Waals surface area contributed by atoms with E-state index >= 15 is 0 Å². The molecule has 0 unspecified atom stereocenters. The molecule has 0 aliphatic heterocycles. The summed E-state index contributed by atoms with van der Waals surface area (Å²) in [5, 5.41) is 4.71. The Morgan fingerprint density at radius 3 is 2.84 bits per heavy atom. The molecule has 3 aromatic heterocycles. The highest BCUT2D eigenvalue weighted by molar-refractivity contribution is 7.98. The fraction of sp³-hybridized carbons (Fsp3) is 0.167. The quantitative estimate of drug-likeness (QED) is 0.538. The Kier molecular flexibility index (Phi) is 2.83. The van der Waals surface area contributed by atoms with Crippen molar-refractivity contribution in [3.8, 4) is 11.6 Å². The average Bonchev–Trinajstić information content (AvgIpc) is 3.03. The van der Waals surface area contributed by atoms with Crippen LogP contribution in [0.15, 0.2) is 27.9 Å². The molecule has 96 valence electrons. The van der Waals surface area contributed by atoms with Crippen molar-refractivity contribution in [3.63, 3.8) is 0 Å².